The highest BCUT2D eigenvalue weighted by Gasteiger charge is 2.28. The van der Waals surface area contributed by atoms with E-state index in [-0.39, 0.29) is 0 Å². The molecule has 1 fully saturated rings. The van der Waals surface area contributed by atoms with Crippen LogP contribution in [0.3, 0.4) is 0 Å². The normalized spacial score (nSPS) is 26.0. The summed E-state index contributed by atoms with van der Waals surface area (Å²) >= 11 is 6.31. The van der Waals surface area contributed by atoms with Crippen LogP contribution in [-0.4, -0.2) is 20.2 Å². The summed E-state index contributed by atoms with van der Waals surface area (Å²) in [5.74, 6) is 2.15. The van der Waals surface area contributed by atoms with Crippen LogP contribution < -0.4 is 5.73 Å². The fourth-order valence-corrected chi connectivity index (χ4v) is 3.29. The van der Waals surface area contributed by atoms with Gasteiger partial charge in [0.1, 0.15) is 0 Å². The van der Waals surface area contributed by atoms with E-state index in [2.05, 4.69) is 29.4 Å². The minimum absolute atomic E-state index is 0.332. The van der Waals surface area contributed by atoms with E-state index in [1.807, 2.05) is 16.8 Å². The van der Waals surface area contributed by atoms with Crippen molar-refractivity contribution in [1.82, 2.24) is 20.2 Å². The van der Waals surface area contributed by atoms with Crippen LogP contribution in [0.2, 0.25) is 5.02 Å². The fraction of sp³-hybridized carbons (Fsp3) is 0.533. The van der Waals surface area contributed by atoms with E-state index in [4.69, 9.17) is 17.3 Å². The molecule has 1 aliphatic carbocycles. The second kappa shape index (κ2) is 5.64. The summed E-state index contributed by atoms with van der Waals surface area (Å²) in [5.41, 5.74) is 7.24. The number of rotatable bonds is 2. The summed E-state index contributed by atoms with van der Waals surface area (Å²) in [6.07, 6.45) is 3.40. The first-order valence-electron chi connectivity index (χ1n) is 7.40. The summed E-state index contributed by atoms with van der Waals surface area (Å²) in [4.78, 5) is 0. The molecular weight excluding hydrogens is 286 g/mol. The monoisotopic (exact) mass is 305 g/mol. The van der Waals surface area contributed by atoms with Gasteiger partial charge in [0.05, 0.1) is 16.8 Å². The van der Waals surface area contributed by atoms with Crippen LogP contribution in [0.5, 0.6) is 0 Å². The van der Waals surface area contributed by atoms with Crippen molar-refractivity contribution in [1.29, 1.82) is 0 Å². The first kappa shape index (κ1) is 14.3. The summed E-state index contributed by atoms with van der Waals surface area (Å²) in [7, 11) is 0. The number of aromatic nitrogens is 4. The highest BCUT2D eigenvalue weighted by molar-refractivity contribution is 6.35. The van der Waals surface area contributed by atoms with Crippen LogP contribution in [0.4, 0.5) is 5.69 Å². The molecule has 3 rings (SSSR count). The molecule has 3 atom stereocenters. The topological polar surface area (TPSA) is 69.6 Å². The largest absolute Gasteiger partial charge is 0.398 e. The van der Waals surface area contributed by atoms with Gasteiger partial charge in [-0.3, -0.25) is 0 Å². The molecule has 0 spiro atoms. The second-order valence-corrected chi connectivity index (χ2v) is 6.46. The van der Waals surface area contributed by atoms with Gasteiger partial charge in [0, 0.05) is 5.56 Å². The first-order chi connectivity index (χ1) is 10.1. The van der Waals surface area contributed by atoms with Crippen molar-refractivity contribution in [3.05, 3.63) is 23.2 Å². The number of benzene rings is 1. The van der Waals surface area contributed by atoms with Gasteiger partial charge in [0.25, 0.3) is 0 Å². The minimum Gasteiger partial charge on any atom is -0.398 e. The first-order valence-corrected chi connectivity index (χ1v) is 7.78. The van der Waals surface area contributed by atoms with Crippen LogP contribution in [0, 0.1) is 11.8 Å². The van der Waals surface area contributed by atoms with Gasteiger partial charge in [-0.15, -0.1) is 5.10 Å². The average Bonchev–Trinajstić information content (AvgIpc) is 2.94. The lowest BCUT2D eigenvalue weighted by Crippen LogP contribution is -2.24. The Morgan fingerprint density at radius 1 is 1.24 bits per heavy atom. The third-order valence-electron chi connectivity index (χ3n) is 4.68. The molecule has 0 bridgehead atoms. The van der Waals surface area contributed by atoms with Crippen molar-refractivity contribution < 1.29 is 0 Å². The van der Waals surface area contributed by atoms with Crippen molar-refractivity contribution in [2.24, 2.45) is 11.8 Å². The van der Waals surface area contributed by atoms with Crippen LogP contribution in [0.15, 0.2) is 18.2 Å². The SMILES string of the molecule is CC1CCC(n2nnnc2-c2cccc(N)c2Cl)CC1C. The number of anilines is 1. The number of nitrogens with two attached hydrogens (primary N) is 1. The van der Waals surface area contributed by atoms with E-state index >= 15 is 0 Å². The number of hydrogen-bond acceptors (Lipinski definition) is 4. The third-order valence-corrected chi connectivity index (χ3v) is 5.10. The van der Waals surface area contributed by atoms with Crippen LogP contribution in [-0.2, 0) is 0 Å². The Kier molecular flexibility index (Phi) is 3.85. The Labute approximate surface area is 129 Å². The molecule has 2 N–H and O–H groups in total. The van der Waals surface area contributed by atoms with Crippen LogP contribution in [0.1, 0.15) is 39.2 Å². The van der Waals surface area contributed by atoms with Gasteiger partial charge in [-0.2, -0.15) is 0 Å². The van der Waals surface area contributed by atoms with Gasteiger partial charge in [0.15, 0.2) is 5.82 Å². The lowest BCUT2D eigenvalue weighted by atomic mass is 9.79. The molecule has 0 radical (unpaired) electrons. The number of nitrogen functional groups attached to an aromatic ring is 1. The van der Waals surface area contributed by atoms with E-state index in [1.165, 1.54) is 6.42 Å². The van der Waals surface area contributed by atoms with Crippen molar-refractivity contribution in [2.75, 3.05) is 5.73 Å². The van der Waals surface area contributed by atoms with Gasteiger partial charge < -0.3 is 5.73 Å². The molecule has 2 aromatic rings. The number of nitrogens with zero attached hydrogens (tertiary/aromatic N) is 4. The lowest BCUT2D eigenvalue weighted by Gasteiger charge is -2.32. The Hall–Kier alpha value is -1.62. The maximum atomic E-state index is 6.31. The number of tetrazole rings is 1. The van der Waals surface area contributed by atoms with Crippen molar-refractivity contribution in [3.63, 3.8) is 0 Å². The Bertz CT molecular complexity index is 639. The molecule has 5 nitrogen and oxygen atoms in total. The Morgan fingerprint density at radius 2 is 2.05 bits per heavy atom. The fourth-order valence-electron chi connectivity index (χ4n) is 3.08. The van der Waals surface area contributed by atoms with E-state index in [0.29, 0.717) is 28.5 Å². The average molecular weight is 306 g/mol. The van der Waals surface area contributed by atoms with E-state index < -0.39 is 0 Å². The zero-order chi connectivity index (χ0) is 15.0. The number of halogens is 1. The molecule has 21 heavy (non-hydrogen) atoms. The molecule has 1 aromatic carbocycles. The predicted molar refractivity (Wildman–Crippen MR) is 83.9 cm³/mol. The summed E-state index contributed by atoms with van der Waals surface area (Å²) in [6.45, 7) is 4.62. The number of hydrogen-bond donors (Lipinski definition) is 1. The van der Waals surface area contributed by atoms with Crippen molar-refractivity contribution in [2.45, 2.75) is 39.2 Å². The Balaban J connectivity index is 1.96. The molecule has 1 saturated carbocycles. The maximum absolute atomic E-state index is 6.31. The van der Waals surface area contributed by atoms with Crippen LogP contribution in [0.25, 0.3) is 11.4 Å². The molecule has 3 unspecified atom stereocenters. The molecule has 6 heteroatoms. The lowest BCUT2D eigenvalue weighted by molar-refractivity contribution is 0.200. The highest BCUT2D eigenvalue weighted by Crippen LogP contribution is 2.38. The second-order valence-electron chi connectivity index (χ2n) is 6.08. The van der Waals surface area contributed by atoms with Gasteiger partial charge >= 0.3 is 0 Å². The Morgan fingerprint density at radius 3 is 2.81 bits per heavy atom. The van der Waals surface area contributed by atoms with Crippen LogP contribution >= 0.6 is 11.6 Å². The molecule has 1 heterocycles. The van der Waals surface area contributed by atoms with E-state index in [1.54, 1.807) is 6.07 Å². The van der Waals surface area contributed by atoms with E-state index in [0.717, 1.165) is 24.3 Å². The summed E-state index contributed by atoms with van der Waals surface area (Å²) in [5, 5.41) is 12.7. The zero-order valence-corrected chi connectivity index (χ0v) is 13.1. The molecule has 0 amide bonds. The van der Waals surface area contributed by atoms with Crippen molar-refractivity contribution >= 4 is 17.3 Å². The standard InChI is InChI=1S/C15H20ClN5/c1-9-6-7-11(8-10(9)2)21-15(18-19-20-21)12-4-3-5-13(17)14(12)16/h3-5,9-11H,6-8,17H2,1-2H3. The molecule has 0 saturated heterocycles. The maximum Gasteiger partial charge on any atom is 0.183 e. The molecular formula is C15H20ClN5. The summed E-state index contributed by atoms with van der Waals surface area (Å²) < 4.78 is 1.92. The summed E-state index contributed by atoms with van der Waals surface area (Å²) in [6, 6.07) is 5.90. The van der Waals surface area contributed by atoms with Crippen molar-refractivity contribution in [3.8, 4) is 11.4 Å². The third kappa shape index (κ3) is 2.62. The van der Waals surface area contributed by atoms with Gasteiger partial charge in [-0.05, 0) is 53.7 Å². The minimum atomic E-state index is 0.332. The van der Waals surface area contributed by atoms with Gasteiger partial charge in [-0.1, -0.05) is 31.5 Å². The zero-order valence-electron chi connectivity index (χ0n) is 12.3. The predicted octanol–water partition coefficient (Wildman–Crippen LogP) is 3.57. The van der Waals surface area contributed by atoms with Gasteiger partial charge in [0.2, 0.25) is 0 Å². The molecule has 1 aliphatic rings. The van der Waals surface area contributed by atoms with Gasteiger partial charge in [-0.25, -0.2) is 4.68 Å². The molecule has 1 aromatic heterocycles. The quantitative estimate of drug-likeness (QED) is 0.861. The molecule has 0 aliphatic heterocycles. The smallest absolute Gasteiger partial charge is 0.183 e. The van der Waals surface area contributed by atoms with E-state index in [9.17, 15) is 0 Å². The molecule has 112 valence electrons. The highest BCUT2D eigenvalue weighted by atomic mass is 35.5.